The van der Waals surface area contributed by atoms with Crippen LogP contribution in [-0.4, -0.2) is 22.2 Å². The first-order valence-corrected chi connectivity index (χ1v) is 10.6. The molecule has 1 aromatic heterocycles. The number of hydrogen-bond donors (Lipinski definition) is 2. The van der Waals surface area contributed by atoms with Crippen molar-refractivity contribution in [2.45, 2.75) is 0 Å². The van der Waals surface area contributed by atoms with Gasteiger partial charge in [0.25, 0.3) is 5.91 Å². The molecule has 1 saturated heterocycles. The van der Waals surface area contributed by atoms with Gasteiger partial charge in [0, 0.05) is 16.7 Å². The highest BCUT2D eigenvalue weighted by Crippen LogP contribution is 2.34. The van der Waals surface area contributed by atoms with E-state index in [1.165, 1.54) is 12.1 Å². The van der Waals surface area contributed by atoms with Gasteiger partial charge in [0.05, 0.1) is 26.2 Å². The first kappa shape index (κ1) is 21.5. The topological polar surface area (TPSA) is 91.9 Å². The predicted molar refractivity (Wildman–Crippen MR) is 123 cm³/mol. The molecule has 2 N–H and O–H groups in total. The summed E-state index contributed by atoms with van der Waals surface area (Å²) in [4.78, 5) is 28.2. The maximum absolute atomic E-state index is 12.3. The largest absolute Gasteiger partial charge is 0.478 e. The van der Waals surface area contributed by atoms with Crippen LogP contribution in [0.2, 0.25) is 15.1 Å². The maximum atomic E-state index is 12.3. The van der Waals surface area contributed by atoms with Gasteiger partial charge in [-0.15, -0.1) is 0 Å². The van der Waals surface area contributed by atoms with Crippen molar-refractivity contribution in [1.29, 1.82) is 0 Å². The van der Waals surface area contributed by atoms with E-state index in [2.05, 4.69) is 10.3 Å². The van der Waals surface area contributed by atoms with E-state index >= 15 is 0 Å². The van der Waals surface area contributed by atoms with Gasteiger partial charge in [-0.05, 0) is 60.3 Å². The number of carbonyl (C=O) groups is 2. The van der Waals surface area contributed by atoms with Gasteiger partial charge in [-0.3, -0.25) is 4.79 Å². The van der Waals surface area contributed by atoms with Crippen molar-refractivity contribution in [2.75, 3.05) is 0 Å². The number of nitrogens with zero attached hydrogens (tertiary/aromatic N) is 1. The van der Waals surface area contributed by atoms with E-state index in [9.17, 15) is 14.7 Å². The van der Waals surface area contributed by atoms with E-state index in [-0.39, 0.29) is 16.5 Å². The Bertz CT molecular complexity index is 1280. The molecule has 0 bridgehead atoms. The molecule has 0 saturated carbocycles. The lowest BCUT2D eigenvalue weighted by atomic mass is 10.2. The van der Waals surface area contributed by atoms with Crippen molar-refractivity contribution < 1.29 is 19.1 Å². The molecule has 3 aromatic rings. The van der Waals surface area contributed by atoms with E-state index in [4.69, 9.17) is 39.2 Å². The lowest BCUT2D eigenvalue weighted by molar-refractivity contribution is -0.115. The molecule has 10 heteroatoms. The van der Waals surface area contributed by atoms with E-state index in [0.717, 1.165) is 11.8 Å². The van der Waals surface area contributed by atoms with Crippen LogP contribution >= 0.6 is 46.6 Å². The third-order valence-electron chi connectivity index (χ3n) is 4.16. The Balaban J connectivity index is 1.56. The number of carbonyl (C=O) groups excluding carboxylic acids is 1. The van der Waals surface area contributed by atoms with E-state index in [0.29, 0.717) is 42.9 Å². The number of amides is 1. The lowest BCUT2D eigenvalue weighted by Gasteiger charge is -2.01. The van der Waals surface area contributed by atoms with Gasteiger partial charge in [-0.25, -0.2) is 9.79 Å². The molecule has 1 fully saturated rings. The summed E-state index contributed by atoms with van der Waals surface area (Å²) < 4.78 is 5.79. The van der Waals surface area contributed by atoms with Crippen LogP contribution in [0.3, 0.4) is 0 Å². The minimum Gasteiger partial charge on any atom is -0.478 e. The number of thioether (sulfide) groups is 1. The summed E-state index contributed by atoms with van der Waals surface area (Å²) in [6.07, 6.45) is 1.58. The number of aromatic carboxylic acids is 1. The molecule has 0 spiro atoms. The molecule has 1 amide bonds. The van der Waals surface area contributed by atoms with Gasteiger partial charge >= 0.3 is 5.97 Å². The maximum Gasteiger partial charge on any atom is 0.337 e. The summed E-state index contributed by atoms with van der Waals surface area (Å²) in [6.45, 7) is 0. The fourth-order valence-corrected chi connectivity index (χ4v) is 4.26. The van der Waals surface area contributed by atoms with Crippen LogP contribution in [-0.2, 0) is 4.79 Å². The highest BCUT2D eigenvalue weighted by Gasteiger charge is 2.24. The SMILES string of the molecule is O=C1NC(=Nc2ccc(Cl)c(C(=O)O)c2)SC1=Cc1ccc(-c2ccc(Cl)cc2Cl)o1. The van der Waals surface area contributed by atoms with Crippen LogP contribution in [0.1, 0.15) is 16.1 Å². The normalized spacial score (nSPS) is 16.2. The fourth-order valence-electron chi connectivity index (χ4n) is 2.74. The molecule has 0 unspecified atom stereocenters. The first-order valence-electron chi connectivity index (χ1n) is 8.68. The molecule has 156 valence electrons. The Kier molecular flexibility index (Phi) is 6.11. The number of nitrogens with one attached hydrogen (secondary N) is 1. The molecule has 0 radical (unpaired) electrons. The highest BCUT2D eigenvalue weighted by atomic mass is 35.5. The zero-order valence-electron chi connectivity index (χ0n) is 15.4. The summed E-state index contributed by atoms with van der Waals surface area (Å²) >= 11 is 19.1. The van der Waals surface area contributed by atoms with Crippen LogP contribution in [0.4, 0.5) is 5.69 Å². The molecule has 2 heterocycles. The Morgan fingerprint density at radius 1 is 1.06 bits per heavy atom. The minimum atomic E-state index is -1.16. The molecule has 6 nitrogen and oxygen atoms in total. The minimum absolute atomic E-state index is 0.0717. The van der Waals surface area contributed by atoms with Gasteiger partial charge < -0.3 is 14.8 Å². The van der Waals surface area contributed by atoms with Crippen LogP contribution in [0.5, 0.6) is 0 Å². The number of furan rings is 1. The second-order valence-electron chi connectivity index (χ2n) is 6.28. The van der Waals surface area contributed by atoms with Gasteiger partial charge in [0.1, 0.15) is 11.5 Å². The summed E-state index contributed by atoms with van der Waals surface area (Å²) in [5.74, 6) is -0.517. The Hall–Kier alpha value is -2.71. The number of benzene rings is 2. The molecular weight excluding hydrogens is 483 g/mol. The van der Waals surface area contributed by atoms with Crippen molar-refractivity contribution in [2.24, 2.45) is 4.99 Å². The summed E-state index contributed by atoms with van der Waals surface area (Å²) in [6, 6.07) is 12.9. The van der Waals surface area contributed by atoms with Crippen molar-refractivity contribution in [3.05, 3.63) is 79.8 Å². The second-order valence-corrected chi connectivity index (χ2v) is 8.56. The van der Waals surface area contributed by atoms with E-state index in [1.54, 1.807) is 42.5 Å². The van der Waals surface area contributed by atoms with E-state index in [1.807, 2.05) is 0 Å². The Morgan fingerprint density at radius 3 is 2.61 bits per heavy atom. The number of hydrogen-bond acceptors (Lipinski definition) is 5. The molecule has 1 aliphatic rings. The molecule has 2 aromatic carbocycles. The number of carboxylic acids is 1. The Morgan fingerprint density at radius 2 is 1.87 bits per heavy atom. The van der Waals surface area contributed by atoms with Crippen LogP contribution < -0.4 is 5.32 Å². The number of rotatable bonds is 4. The molecule has 0 atom stereocenters. The van der Waals surface area contributed by atoms with Gasteiger partial charge in [0.15, 0.2) is 5.17 Å². The lowest BCUT2D eigenvalue weighted by Crippen LogP contribution is -2.19. The fraction of sp³-hybridized carbons (Fsp3) is 0. The molecule has 1 aliphatic heterocycles. The molecule has 4 rings (SSSR count). The van der Waals surface area contributed by atoms with Crippen LogP contribution in [0.25, 0.3) is 17.4 Å². The monoisotopic (exact) mass is 492 g/mol. The average molecular weight is 494 g/mol. The highest BCUT2D eigenvalue weighted by molar-refractivity contribution is 8.18. The van der Waals surface area contributed by atoms with Crippen molar-refractivity contribution in [3.8, 4) is 11.3 Å². The van der Waals surface area contributed by atoms with Crippen molar-refractivity contribution in [1.82, 2.24) is 5.32 Å². The molecule has 0 aliphatic carbocycles. The Labute approximate surface area is 195 Å². The number of carboxylic acid groups (broad SMARTS) is 1. The third-order valence-corrected chi connectivity index (χ3v) is 5.95. The number of aliphatic imine (C=N–C) groups is 1. The summed E-state index contributed by atoms with van der Waals surface area (Å²) in [7, 11) is 0. The molecular formula is C21H11Cl3N2O4S. The zero-order valence-corrected chi connectivity index (χ0v) is 18.4. The molecule has 31 heavy (non-hydrogen) atoms. The second kappa shape index (κ2) is 8.80. The van der Waals surface area contributed by atoms with Crippen LogP contribution in [0.15, 0.2) is 62.8 Å². The standard InChI is InChI=1S/C21H11Cl3N2O4S/c22-10-1-4-13(16(24)7-10)17-6-3-12(30-17)9-18-19(27)26-21(31-18)25-11-2-5-15(23)14(8-11)20(28)29/h1-9H,(H,28,29)(H,25,26,27). The first-order chi connectivity index (χ1) is 14.8. The smallest absolute Gasteiger partial charge is 0.337 e. The quantitative estimate of drug-likeness (QED) is 0.405. The third kappa shape index (κ3) is 4.80. The zero-order chi connectivity index (χ0) is 22.1. The predicted octanol–water partition coefficient (Wildman–Crippen LogP) is 6.50. The van der Waals surface area contributed by atoms with Gasteiger partial charge in [-0.1, -0.05) is 34.8 Å². The summed E-state index contributed by atoms with van der Waals surface area (Å²) in [5, 5.41) is 13.2. The van der Waals surface area contributed by atoms with Gasteiger partial charge in [0.2, 0.25) is 0 Å². The van der Waals surface area contributed by atoms with Crippen molar-refractivity contribution in [3.63, 3.8) is 0 Å². The summed E-state index contributed by atoms with van der Waals surface area (Å²) in [5.41, 5.74) is 0.958. The number of amidine groups is 1. The average Bonchev–Trinajstić information content (AvgIpc) is 3.30. The van der Waals surface area contributed by atoms with E-state index < -0.39 is 5.97 Å². The van der Waals surface area contributed by atoms with Crippen molar-refractivity contribution >= 4 is 75.4 Å². The van der Waals surface area contributed by atoms with Gasteiger partial charge in [-0.2, -0.15) is 0 Å². The van der Waals surface area contributed by atoms with Crippen LogP contribution in [0, 0.1) is 0 Å². The number of halogens is 3.